The predicted molar refractivity (Wildman–Crippen MR) is 82.7 cm³/mol. The Balaban J connectivity index is 2.45. The predicted octanol–water partition coefficient (Wildman–Crippen LogP) is 2.21. The van der Waals surface area contributed by atoms with Crippen LogP contribution in [0.1, 0.15) is 18.1 Å². The Morgan fingerprint density at radius 2 is 1.95 bits per heavy atom. The first kappa shape index (κ1) is 18.0. The summed E-state index contributed by atoms with van der Waals surface area (Å²) >= 11 is 1.34. The van der Waals surface area contributed by atoms with Crippen LogP contribution in [-0.2, 0) is 19.1 Å². The van der Waals surface area contributed by atoms with Crippen LogP contribution in [0.5, 0.6) is 0 Å². The molecule has 0 spiro atoms. The number of benzene rings is 1. The Kier molecular flexibility index (Phi) is 6.91. The molecule has 0 unspecified atom stereocenters. The van der Waals surface area contributed by atoms with Crippen LogP contribution in [0.3, 0.4) is 0 Å². The number of carbonyl (C=O) groups is 3. The van der Waals surface area contributed by atoms with Crippen LogP contribution >= 0.6 is 11.8 Å². The molecule has 0 saturated heterocycles. The van der Waals surface area contributed by atoms with Crippen LogP contribution in [0, 0.1) is 13.8 Å². The molecule has 0 heterocycles. The number of methoxy groups -OCH3 is 1. The van der Waals surface area contributed by atoms with Gasteiger partial charge in [-0.25, -0.2) is 4.79 Å². The lowest BCUT2D eigenvalue weighted by atomic mass is 10.2. The fourth-order valence-electron chi connectivity index (χ4n) is 1.64. The van der Waals surface area contributed by atoms with E-state index >= 15 is 0 Å². The van der Waals surface area contributed by atoms with Crippen LogP contribution in [0.4, 0.5) is 4.79 Å². The molecule has 1 atom stereocenters. The third-order valence-corrected chi connectivity index (χ3v) is 3.91. The van der Waals surface area contributed by atoms with Crippen LogP contribution in [0.25, 0.3) is 0 Å². The molecule has 1 aromatic rings. The smallest absolute Gasteiger partial charge is 0.413 e. The molecule has 0 aliphatic carbocycles. The Hall–Kier alpha value is -2.02. The molecule has 1 aromatic carbocycles. The van der Waals surface area contributed by atoms with Crippen molar-refractivity contribution in [1.82, 2.24) is 5.32 Å². The number of hydrogen-bond acceptors (Lipinski definition) is 6. The number of alkyl carbamates (subject to hydrolysis) is 1. The summed E-state index contributed by atoms with van der Waals surface area (Å²) in [4.78, 5) is 35.1. The van der Waals surface area contributed by atoms with Gasteiger partial charge in [0, 0.05) is 4.90 Å². The Morgan fingerprint density at radius 1 is 1.27 bits per heavy atom. The number of thioether (sulfide) groups is 1. The highest BCUT2D eigenvalue weighted by Crippen LogP contribution is 2.23. The SMILES string of the molecule is COC(=O)NC(=O)[C@H](C)OC(=O)CSc1ccc(C)cc1C. The highest BCUT2D eigenvalue weighted by molar-refractivity contribution is 8.00. The lowest BCUT2D eigenvalue weighted by Gasteiger charge is -2.12. The second-order valence-corrected chi connectivity index (χ2v) is 5.69. The molecule has 0 aliphatic rings. The van der Waals surface area contributed by atoms with Crippen molar-refractivity contribution in [2.75, 3.05) is 12.9 Å². The minimum Gasteiger partial charge on any atom is -0.453 e. The van der Waals surface area contributed by atoms with Crippen molar-refractivity contribution in [2.45, 2.75) is 31.8 Å². The molecular formula is C15H19NO5S. The summed E-state index contributed by atoms with van der Waals surface area (Å²) in [5, 5.41) is 1.94. The molecule has 0 bridgehead atoms. The van der Waals surface area contributed by atoms with Crippen molar-refractivity contribution in [2.24, 2.45) is 0 Å². The zero-order valence-corrected chi connectivity index (χ0v) is 13.8. The van der Waals surface area contributed by atoms with E-state index in [0.29, 0.717) is 0 Å². The minimum absolute atomic E-state index is 0.0831. The third kappa shape index (κ3) is 5.77. The molecule has 0 aliphatic heterocycles. The fourth-order valence-corrected chi connectivity index (χ4v) is 2.43. The summed E-state index contributed by atoms with van der Waals surface area (Å²) in [5.41, 5.74) is 2.23. The van der Waals surface area contributed by atoms with E-state index in [9.17, 15) is 14.4 Å². The maximum Gasteiger partial charge on any atom is 0.413 e. The molecule has 0 radical (unpaired) electrons. The van der Waals surface area contributed by atoms with E-state index < -0.39 is 24.1 Å². The molecule has 1 N–H and O–H groups in total. The van der Waals surface area contributed by atoms with Gasteiger partial charge in [0.2, 0.25) is 0 Å². The Bertz CT molecular complexity index is 573. The first-order chi connectivity index (χ1) is 10.3. The minimum atomic E-state index is -1.06. The Morgan fingerprint density at radius 3 is 2.55 bits per heavy atom. The number of rotatable bonds is 5. The maximum atomic E-state index is 11.7. The number of nitrogens with one attached hydrogen (secondary N) is 1. The molecule has 2 amide bonds. The summed E-state index contributed by atoms with van der Waals surface area (Å²) in [5.74, 6) is -1.17. The van der Waals surface area contributed by atoms with Gasteiger partial charge in [-0.3, -0.25) is 14.9 Å². The van der Waals surface area contributed by atoms with Gasteiger partial charge >= 0.3 is 12.1 Å². The van der Waals surface area contributed by atoms with Gasteiger partial charge in [-0.05, 0) is 32.4 Å². The second-order valence-electron chi connectivity index (χ2n) is 4.67. The van der Waals surface area contributed by atoms with Gasteiger partial charge in [0.1, 0.15) is 0 Å². The first-order valence-electron chi connectivity index (χ1n) is 6.61. The summed E-state index contributed by atoms with van der Waals surface area (Å²) in [6.07, 6.45) is -1.95. The molecule has 1 rings (SSSR count). The monoisotopic (exact) mass is 325 g/mol. The molecule has 6 nitrogen and oxygen atoms in total. The molecule has 120 valence electrons. The largest absolute Gasteiger partial charge is 0.453 e. The molecule has 22 heavy (non-hydrogen) atoms. The normalized spacial score (nSPS) is 11.5. The van der Waals surface area contributed by atoms with Crippen LogP contribution in [-0.4, -0.2) is 36.9 Å². The highest BCUT2D eigenvalue weighted by Gasteiger charge is 2.20. The molecule has 0 saturated carbocycles. The average molecular weight is 325 g/mol. The number of hydrogen-bond donors (Lipinski definition) is 1. The number of carbonyl (C=O) groups excluding carboxylic acids is 3. The van der Waals surface area contributed by atoms with E-state index in [2.05, 4.69) is 4.74 Å². The van der Waals surface area contributed by atoms with Crippen LogP contribution in [0.15, 0.2) is 23.1 Å². The number of aryl methyl sites for hydroxylation is 2. The van der Waals surface area contributed by atoms with Gasteiger partial charge in [-0.15, -0.1) is 11.8 Å². The van der Waals surface area contributed by atoms with E-state index in [0.717, 1.165) is 23.1 Å². The number of esters is 1. The van der Waals surface area contributed by atoms with Crippen molar-refractivity contribution in [3.63, 3.8) is 0 Å². The summed E-state index contributed by atoms with van der Waals surface area (Å²) < 4.78 is 9.25. The second kappa shape index (κ2) is 8.43. The lowest BCUT2D eigenvalue weighted by molar-refractivity contribution is -0.152. The number of imide groups is 1. The summed E-state index contributed by atoms with van der Waals surface area (Å²) in [6, 6.07) is 5.93. The average Bonchev–Trinajstić information content (AvgIpc) is 2.45. The summed E-state index contributed by atoms with van der Waals surface area (Å²) in [6.45, 7) is 5.35. The van der Waals surface area contributed by atoms with E-state index in [-0.39, 0.29) is 5.75 Å². The molecular weight excluding hydrogens is 306 g/mol. The summed E-state index contributed by atoms with van der Waals surface area (Å²) in [7, 11) is 1.14. The van der Waals surface area contributed by atoms with Gasteiger partial charge in [-0.1, -0.05) is 17.7 Å². The van der Waals surface area contributed by atoms with E-state index in [1.54, 1.807) is 0 Å². The fraction of sp³-hybridized carbons (Fsp3) is 0.400. The van der Waals surface area contributed by atoms with Crippen molar-refractivity contribution in [3.05, 3.63) is 29.3 Å². The van der Waals surface area contributed by atoms with E-state index in [1.807, 2.05) is 37.4 Å². The van der Waals surface area contributed by atoms with Gasteiger partial charge < -0.3 is 9.47 Å². The zero-order chi connectivity index (χ0) is 16.7. The van der Waals surface area contributed by atoms with Crippen molar-refractivity contribution in [3.8, 4) is 0 Å². The van der Waals surface area contributed by atoms with Crippen LogP contribution < -0.4 is 5.32 Å². The molecule has 0 fully saturated rings. The maximum absolute atomic E-state index is 11.7. The third-order valence-electron chi connectivity index (χ3n) is 2.76. The highest BCUT2D eigenvalue weighted by atomic mass is 32.2. The van der Waals surface area contributed by atoms with Gasteiger partial charge in [0.15, 0.2) is 6.10 Å². The van der Waals surface area contributed by atoms with Gasteiger partial charge in [-0.2, -0.15) is 0 Å². The number of ether oxygens (including phenoxy) is 2. The lowest BCUT2D eigenvalue weighted by Crippen LogP contribution is -2.39. The molecule has 7 heteroatoms. The Labute approximate surface area is 133 Å². The van der Waals surface area contributed by atoms with Crippen molar-refractivity contribution >= 4 is 29.7 Å². The van der Waals surface area contributed by atoms with Crippen molar-refractivity contribution in [1.29, 1.82) is 0 Å². The van der Waals surface area contributed by atoms with Gasteiger partial charge in [0.05, 0.1) is 12.9 Å². The van der Waals surface area contributed by atoms with Crippen LogP contribution in [0.2, 0.25) is 0 Å². The number of amides is 2. The van der Waals surface area contributed by atoms with E-state index in [4.69, 9.17) is 4.74 Å². The van der Waals surface area contributed by atoms with Crippen molar-refractivity contribution < 1.29 is 23.9 Å². The topological polar surface area (TPSA) is 81.7 Å². The zero-order valence-electron chi connectivity index (χ0n) is 13.0. The first-order valence-corrected chi connectivity index (χ1v) is 7.60. The van der Waals surface area contributed by atoms with E-state index in [1.165, 1.54) is 18.7 Å². The standard InChI is InChI=1S/C15H19NO5S/c1-9-5-6-12(10(2)7-9)22-8-13(17)21-11(3)14(18)16-15(19)20-4/h5-7,11H,8H2,1-4H3,(H,16,18,19)/t11-/m0/s1. The molecule has 0 aromatic heterocycles. The quantitative estimate of drug-likeness (QED) is 0.660. The van der Waals surface area contributed by atoms with Gasteiger partial charge in [0.25, 0.3) is 5.91 Å².